The first-order valence-electron chi connectivity index (χ1n) is 8.20. The average molecular weight is 342 g/mol. The molecule has 6 nitrogen and oxygen atoms in total. The Morgan fingerprint density at radius 3 is 2.44 bits per heavy atom. The molecule has 8 heteroatoms. The van der Waals surface area contributed by atoms with Gasteiger partial charge < -0.3 is 9.31 Å². The normalized spacial score (nSPS) is 19.0. The topological polar surface area (TPSA) is 65.0 Å². The van der Waals surface area contributed by atoms with Crippen LogP contribution in [-0.4, -0.2) is 38.3 Å². The number of H-pyrrole nitrogens is 1. The molecule has 1 aliphatic heterocycles. The van der Waals surface area contributed by atoms with Gasteiger partial charge in [0.05, 0.1) is 29.1 Å². The van der Waals surface area contributed by atoms with Crippen molar-refractivity contribution >= 4 is 23.5 Å². The number of aromatic nitrogens is 4. The number of rotatable bonds is 2. The SMILES string of the molecule is Cn1cc(-c2c(F)cc(B3OC(C)(C)C(C)(C)O3)c3[nH]ncc23)cn1. The van der Waals surface area contributed by atoms with E-state index in [2.05, 4.69) is 15.3 Å². The van der Waals surface area contributed by atoms with Gasteiger partial charge in [0.15, 0.2) is 0 Å². The van der Waals surface area contributed by atoms with Crippen LogP contribution in [0.15, 0.2) is 24.7 Å². The Labute approximate surface area is 145 Å². The lowest BCUT2D eigenvalue weighted by Gasteiger charge is -2.32. The summed E-state index contributed by atoms with van der Waals surface area (Å²) in [6.07, 6.45) is 5.04. The minimum absolute atomic E-state index is 0.355. The molecule has 4 rings (SSSR count). The molecule has 1 aliphatic rings. The van der Waals surface area contributed by atoms with Crippen molar-refractivity contribution in [2.45, 2.75) is 38.9 Å². The molecule has 1 N–H and O–H groups in total. The Morgan fingerprint density at radius 1 is 1.16 bits per heavy atom. The summed E-state index contributed by atoms with van der Waals surface area (Å²) in [5.41, 5.74) is 1.49. The van der Waals surface area contributed by atoms with E-state index in [9.17, 15) is 0 Å². The van der Waals surface area contributed by atoms with Crippen LogP contribution in [0, 0.1) is 5.82 Å². The molecule has 0 unspecified atom stereocenters. The van der Waals surface area contributed by atoms with E-state index in [0.717, 1.165) is 0 Å². The number of fused-ring (bicyclic) bond motifs is 1. The molecule has 2 aromatic heterocycles. The summed E-state index contributed by atoms with van der Waals surface area (Å²) in [4.78, 5) is 0. The van der Waals surface area contributed by atoms with Crippen LogP contribution < -0.4 is 5.46 Å². The van der Waals surface area contributed by atoms with Gasteiger partial charge in [0.1, 0.15) is 5.82 Å². The maximum atomic E-state index is 15.0. The maximum Gasteiger partial charge on any atom is 0.497 e. The molecule has 3 aromatic rings. The number of halogens is 1. The van der Waals surface area contributed by atoms with Gasteiger partial charge in [0, 0.05) is 35.2 Å². The monoisotopic (exact) mass is 342 g/mol. The number of nitrogens with zero attached hydrogens (tertiary/aromatic N) is 3. The summed E-state index contributed by atoms with van der Waals surface area (Å²) in [6.45, 7) is 7.88. The van der Waals surface area contributed by atoms with Crippen LogP contribution in [0.25, 0.3) is 22.0 Å². The lowest BCUT2D eigenvalue weighted by molar-refractivity contribution is 0.00578. The number of nitrogens with one attached hydrogen (secondary N) is 1. The number of aromatic amines is 1. The molecular formula is C17H20BFN4O2. The molecule has 3 heterocycles. The molecule has 1 aromatic carbocycles. The Balaban J connectivity index is 1.87. The third kappa shape index (κ3) is 2.39. The van der Waals surface area contributed by atoms with E-state index in [1.54, 1.807) is 30.3 Å². The van der Waals surface area contributed by atoms with Gasteiger partial charge >= 0.3 is 7.12 Å². The van der Waals surface area contributed by atoms with Crippen molar-refractivity contribution in [1.29, 1.82) is 0 Å². The van der Waals surface area contributed by atoms with Crippen LogP contribution in [0.1, 0.15) is 27.7 Å². The van der Waals surface area contributed by atoms with Crippen molar-refractivity contribution in [3.8, 4) is 11.1 Å². The Bertz CT molecular complexity index is 947. The molecule has 0 spiro atoms. The third-order valence-corrected chi connectivity index (χ3v) is 5.22. The fourth-order valence-electron chi connectivity index (χ4n) is 3.10. The van der Waals surface area contributed by atoms with Crippen LogP contribution >= 0.6 is 0 Å². The summed E-state index contributed by atoms with van der Waals surface area (Å²) in [7, 11) is 1.14. The predicted molar refractivity (Wildman–Crippen MR) is 94.0 cm³/mol. The van der Waals surface area contributed by atoms with Crippen molar-refractivity contribution in [3.05, 3.63) is 30.5 Å². The summed E-state index contributed by atoms with van der Waals surface area (Å²) in [6, 6.07) is 1.46. The second-order valence-electron chi connectivity index (χ2n) is 7.47. The third-order valence-electron chi connectivity index (χ3n) is 5.22. The highest BCUT2D eigenvalue weighted by atomic mass is 19.1. The second-order valence-corrected chi connectivity index (χ2v) is 7.47. The lowest BCUT2D eigenvalue weighted by atomic mass is 9.77. The summed E-state index contributed by atoms with van der Waals surface area (Å²) in [5.74, 6) is -0.355. The predicted octanol–water partition coefficient (Wildman–Crippen LogP) is 2.40. The standard InChI is InChI=1S/C17H20BFN4O2/c1-16(2)17(3,4)25-18(24-16)12-6-13(19)14(10-7-21-23(5)9-10)11-8-20-22-15(11)12/h6-9H,1-5H3,(H,20,22). The van der Waals surface area contributed by atoms with Crippen LogP contribution in [-0.2, 0) is 16.4 Å². The molecule has 0 amide bonds. The fourth-order valence-corrected chi connectivity index (χ4v) is 3.10. The van der Waals surface area contributed by atoms with Gasteiger partial charge in [-0.1, -0.05) is 0 Å². The number of hydrogen-bond donors (Lipinski definition) is 1. The number of hydrogen-bond acceptors (Lipinski definition) is 4. The van der Waals surface area contributed by atoms with Crippen molar-refractivity contribution < 1.29 is 13.7 Å². The molecule has 0 aliphatic carbocycles. The highest BCUT2D eigenvalue weighted by Crippen LogP contribution is 2.38. The van der Waals surface area contributed by atoms with Crippen molar-refractivity contribution in [2.24, 2.45) is 7.05 Å². The highest BCUT2D eigenvalue weighted by Gasteiger charge is 2.52. The van der Waals surface area contributed by atoms with Crippen molar-refractivity contribution in [3.63, 3.8) is 0 Å². The minimum Gasteiger partial charge on any atom is -0.399 e. The van der Waals surface area contributed by atoms with E-state index in [0.29, 0.717) is 27.5 Å². The summed E-state index contributed by atoms with van der Waals surface area (Å²) >= 11 is 0. The second kappa shape index (κ2) is 5.16. The molecule has 0 radical (unpaired) electrons. The van der Waals surface area contributed by atoms with E-state index in [4.69, 9.17) is 9.31 Å². The zero-order valence-electron chi connectivity index (χ0n) is 14.9. The van der Waals surface area contributed by atoms with E-state index >= 15 is 4.39 Å². The van der Waals surface area contributed by atoms with Gasteiger partial charge in [-0.2, -0.15) is 10.2 Å². The largest absolute Gasteiger partial charge is 0.497 e. The van der Waals surface area contributed by atoms with Crippen LogP contribution in [0.3, 0.4) is 0 Å². The van der Waals surface area contributed by atoms with Gasteiger partial charge in [0.2, 0.25) is 0 Å². The van der Waals surface area contributed by atoms with Crippen molar-refractivity contribution in [1.82, 2.24) is 20.0 Å². The van der Waals surface area contributed by atoms with Crippen LogP contribution in [0.5, 0.6) is 0 Å². The molecule has 1 saturated heterocycles. The molecule has 25 heavy (non-hydrogen) atoms. The summed E-state index contributed by atoms with van der Waals surface area (Å²) < 4.78 is 28.8. The molecular weight excluding hydrogens is 322 g/mol. The highest BCUT2D eigenvalue weighted by molar-refractivity contribution is 6.65. The van der Waals surface area contributed by atoms with Gasteiger partial charge in [-0.25, -0.2) is 4.39 Å². The van der Waals surface area contributed by atoms with E-state index in [1.165, 1.54) is 6.07 Å². The number of benzene rings is 1. The lowest BCUT2D eigenvalue weighted by Crippen LogP contribution is -2.41. The molecule has 0 atom stereocenters. The smallest absolute Gasteiger partial charge is 0.399 e. The maximum absolute atomic E-state index is 15.0. The van der Waals surface area contributed by atoms with Crippen LogP contribution in [0.2, 0.25) is 0 Å². The zero-order chi connectivity index (χ0) is 18.0. The van der Waals surface area contributed by atoms with Gasteiger partial charge in [-0.05, 0) is 33.8 Å². The van der Waals surface area contributed by atoms with Gasteiger partial charge in [0.25, 0.3) is 0 Å². The first-order chi connectivity index (χ1) is 11.7. The fraction of sp³-hybridized carbons (Fsp3) is 0.412. The van der Waals surface area contributed by atoms with E-state index in [-0.39, 0.29) is 5.82 Å². The number of aryl methyl sites for hydroxylation is 1. The first-order valence-corrected chi connectivity index (χ1v) is 8.20. The molecule has 0 bridgehead atoms. The Kier molecular flexibility index (Phi) is 3.36. The molecule has 1 fully saturated rings. The first kappa shape index (κ1) is 16.3. The quantitative estimate of drug-likeness (QED) is 0.727. The molecule has 0 saturated carbocycles. The zero-order valence-corrected chi connectivity index (χ0v) is 14.9. The van der Waals surface area contributed by atoms with E-state index in [1.807, 2.05) is 27.7 Å². The van der Waals surface area contributed by atoms with Crippen LogP contribution in [0.4, 0.5) is 4.39 Å². The molecule has 130 valence electrons. The van der Waals surface area contributed by atoms with Crippen molar-refractivity contribution in [2.75, 3.05) is 0 Å². The van der Waals surface area contributed by atoms with Gasteiger partial charge in [-0.15, -0.1) is 0 Å². The van der Waals surface area contributed by atoms with E-state index < -0.39 is 18.3 Å². The minimum atomic E-state index is -0.662. The average Bonchev–Trinajstić information content (AvgIpc) is 3.18. The summed E-state index contributed by atoms with van der Waals surface area (Å²) in [5, 5.41) is 11.9. The van der Waals surface area contributed by atoms with Gasteiger partial charge in [-0.3, -0.25) is 9.78 Å². The Hall–Kier alpha value is -2.19. The Morgan fingerprint density at radius 2 is 1.84 bits per heavy atom.